The summed E-state index contributed by atoms with van der Waals surface area (Å²) in [7, 11) is 0. The van der Waals surface area contributed by atoms with E-state index in [-0.39, 0.29) is 36.7 Å². The van der Waals surface area contributed by atoms with E-state index >= 15 is 0 Å². The predicted molar refractivity (Wildman–Crippen MR) is 57.9 cm³/mol. The van der Waals surface area contributed by atoms with Crippen LogP contribution >= 0.6 is 24.8 Å². The smallest absolute Gasteiger partial charge is 0.123 e. The standard InChI is InChI=1S/C8H11FN2.2ClH/c1-5(10)7-4-6(9)2-3-8(7)11;;/h2-5H,10-11H2,1H3;2*1H/t5-;;/m0../s1. The molecule has 1 aromatic carbocycles. The van der Waals surface area contributed by atoms with Crippen LogP contribution in [0.2, 0.25) is 0 Å². The molecule has 0 aliphatic carbocycles. The van der Waals surface area contributed by atoms with E-state index in [0.29, 0.717) is 11.3 Å². The maximum Gasteiger partial charge on any atom is 0.123 e. The van der Waals surface area contributed by atoms with Crippen molar-refractivity contribution in [3.8, 4) is 0 Å². The molecule has 0 aromatic heterocycles. The molecule has 0 unspecified atom stereocenters. The summed E-state index contributed by atoms with van der Waals surface area (Å²) in [5.41, 5.74) is 12.3. The van der Waals surface area contributed by atoms with E-state index in [9.17, 15) is 4.39 Å². The van der Waals surface area contributed by atoms with Gasteiger partial charge in [0.2, 0.25) is 0 Å². The van der Waals surface area contributed by atoms with Gasteiger partial charge in [-0.25, -0.2) is 4.39 Å². The van der Waals surface area contributed by atoms with Crippen LogP contribution in [0.1, 0.15) is 18.5 Å². The van der Waals surface area contributed by atoms with Crippen LogP contribution in [0.15, 0.2) is 18.2 Å². The molecule has 0 amide bonds. The van der Waals surface area contributed by atoms with E-state index in [1.54, 1.807) is 6.92 Å². The Morgan fingerprint density at radius 1 is 1.31 bits per heavy atom. The number of rotatable bonds is 1. The minimum Gasteiger partial charge on any atom is -0.398 e. The summed E-state index contributed by atoms with van der Waals surface area (Å²) in [5.74, 6) is -0.300. The molecule has 1 aromatic rings. The van der Waals surface area contributed by atoms with Gasteiger partial charge in [-0.1, -0.05) is 0 Å². The number of halogens is 3. The number of hydrogen-bond acceptors (Lipinski definition) is 2. The van der Waals surface area contributed by atoms with E-state index in [2.05, 4.69) is 0 Å². The van der Waals surface area contributed by atoms with E-state index in [0.717, 1.165) is 0 Å². The molecule has 0 spiro atoms. The monoisotopic (exact) mass is 226 g/mol. The number of hydrogen-bond donors (Lipinski definition) is 2. The van der Waals surface area contributed by atoms with Crippen molar-refractivity contribution in [1.29, 1.82) is 0 Å². The van der Waals surface area contributed by atoms with Crippen LogP contribution in [-0.4, -0.2) is 0 Å². The Labute approximate surface area is 89.3 Å². The Kier molecular flexibility index (Phi) is 6.94. The highest BCUT2D eigenvalue weighted by atomic mass is 35.5. The van der Waals surface area contributed by atoms with Crippen LogP contribution in [-0.2, 0) is 0 Å². The van der Waals surface area contributed by atoms with Crippen molar-refractivity contribution in [3.05, 3.63) is 29.6 Å². The van der Waals surface area contributed by atoms with Crippen molar-refractivity contribution in [2.75, 3.05) is 5.73 Å². The molecule has 2 nitrogen and oxygen atoms in total. The highest BCUT2D eigenvalue weighted by Crippen LogP contribution is 2.18. The molecule has 5 heteroatoms. The molecule has 0 aliphatic rings. The molecule has 0 radical (unpaired) electrons. The second-order valence-corrected chi connectivity index (χ2v) is 2.56. The van der Waals surface area contributed by atoms with Crippen LogP contribution in [0.4, 0.5) is 10.1 Å². The third kappa shape index (κ3) is 3.81. The fourth-order valence-electron chi connectivity index (χ4n) is 0.940. The highest BCUT2D eigenvalue weighted by molar-refractivity contribution is 5.85. The third-order valence-electron chi connectivity index (χ3n) is 1.54. The van der Waals surface area contributed by atoms with Gasteiger partial charge in [-0.15, -0.1) is 24.8 Å². The zero-order chi connectivity index (χ0) is 8.43. The lowest BCUT2D eigenvalue weighted by Crippen LogP contribution is -2.08. The van der Waals surface area contributed by atoms with Crippen LogP contribution in [0.25, 0.3) is 0 Å². The lowest BCUT2D eigenvalue weighted by Gasteiger charge is -2.08. The molecule has 1 atom stereocenters. The number of nitrogens with two attached hydrogens (primary N) is 2. The first-order chi connectivity index (χ1) is 5.11. The maximum absolute atomic E-state index is 12.6. The zero-order valence-electron chi connectivity index (χ0n) is 7.16. The van der Waals surface area contributed by atoms with E-state index in [4.69, 9.17) is 11.5 Å². The van der Waals surface area contributed by atoms with Crippen molar-refractivity contribution >= 4 is 30.5 Å². The largest absolute Gasteiger partial charge is 0.398 e. The Morgan fingerprint density at radius 3 is 2.23 bits per heavy atom. The second kappa shape index (κ2) is 6.02. The number of anilines is 1. The van der Waals surface area contributed by atoms with Crippen LogP contribution < -0.4 is 11.5 Å². The minimum atomic E-state index is -0.300. The van der Waals surface area contributed by atoms with Gasteiger partial charge >= 0.3 is 0 Å². The summed E-state index contributed by atoms with van der Waals surface area (Å²) in [6, 6.07) is 3.99. The lowest BCUT2D eigenvalue weighted by atomic mass is 10.1. The first kappa shape index (κ1) is 15.0. The fourth-order valence-corrected chi connectivity index (χ4v) is 0.940. The van der Waals surface area contributed by atoms with E-state index < -0.39 is 0 Å². The fraction of sp³-hybridized carbons (Fsp3) is 0.250. The zero-order valence-corrected chi connectivity index (χ0v) is 8.79. The van der Waals surface area contributed by atoms with Gasteiger partial charge in [0.05, 0.1) is 0 Å². The molecule has 0 fully saturated rings. The number of benzene rings is 1. The minimum absolute atomic E-state index is 0. The summed E-state index contributed by atoms with van der Waals surface area (Å²) in [5, 5.41) is 0. The Morgan fingerprint density at radius 2 is 1.85 bits per heavy atom. The van der Waals surface area contributed by atoms with Crippen LogP contribution in [0, 0.1) is 5.82 Å². The first-order valence-electron chi connectivity index (χ1n) is 3.42. The Bertz CT molecular complexity index is 266. The molecular weight excluding hydrogens is 214 g/mol. The summed E-state index contributed by atoms with van der Waals surface area (Å²) in [4.78, 5) is 0. The third-order valence-corrected chi connectivity index (χ3v) is 1.54. The van der Waals surface area contributed by atoms with E-state index in [1.165, 1.54) is 18.2 Å². The molecule has 76 valence electrons. The first-order valence-corrected chi connectivity index (χ1v) is 3.42. The quantitative estimate of drug-likeness (QED) is 0.723. The van der Waals surface area contributed by atoms with Crippen LogP contribution in [0.5, 0.6) is 0 Å². The summed E-state index contributed by atoms with van der Waals surface area (Å²) in [6.07, 6.45) is 0. The maximum atomic E-state index is 12.6. The van der Waals surface area contributed by atoms with Gasteiger partial charge in [-0.05, 0) is 30.7 Å². The average molecular weight is 227 g/mol. The molecule has 13 heavy (non-hydrogen) atoms. The van der Waals surface area contributed by atoms with Gasteiger partial charge in [0.1, 0.15) is 5.82 Å². The Balaban J connectivity index is 0. The van der Waals surface area contributed by atoms with Gasteiger partial charge in [-0.2, -0.15) is 0 Å². The van der Waals surface area contributed by atoms with E-state index in [1.807, 2.05) is 0 Å². The molecule has 0 bridgehead atoms. The molecule has 0 saturated carbocycles. The van der Waals surface area contributed by atoms with Gasteiger partial charge in [0.15, 0.2) is 0 Å². The van der Waals surface area contributed by atoms with Gasteiger partial charge in [0.25, 0.3) is 0 Å². The topological polar surface area (TPSA) is 52.0 Å². The molecule has 0 aliphatic heterocycles. The predicted octanol–water partition coefficient (Wildman–Crippen LogP) is 2.27. The average Bonchev–Trinajstić information content (AvgIpc) is 1.94. The van der Waals surface area contributed by atoms with Crippen molar-refractivity contribution in [3.63, 3.8) is 0 Å². The van der Waals surface area contributed by atoms with Gasteiger partial charge in [0, 0.05) is 11.7 Å². The SMILES string of the molecule is C[C@H](N)c1cc(F)ccc1N.Cl.Cl. The highest BCUT2D eigenvalue weighted by Gasteiger charge is 2.04. The summed E-state index contributed by atoms with van der Waals surface area (Å²) < 4.78 is 12.6. The lowest BCUT2D eigenvalue weighted by molar-refractivity contribution is 0.623. The van der Waals surface area contributed by atoms with Gasteiger partial charge in [-0.3, -0.25) is 0 Å². The van der Waals surface area contributed by atoms with Crippen molar-refractivity contribution < 1.29 is 4.39 Å². The van der Waals surface area contributed by atoms with Crippen LogP contribution in [0.3, 0.4) is 0 Å². The van der Waals surface area contributed by atoms with Crippen molar-refractivity contribution in [2.24, 2.45) is 5.73 Å². The molecular formula is C8H13Cl2FN2. The second-order valence-electron chi connectivity index (χ2n) is 2.56. The van der Waals surface area contributed by atoms with Gasteiger partial charge < -0.3 is 11.5 Å². The summed E-state index contributed by atoms with van der Waals surface area (Å²) >= 11 is 0. The van der Waals surface area contributed by atoms with Crippen molar-refractivity contribution in [2.45, 2.75) is 13.0 Å². The molecule has 4 N–H and O–H groups in total. The normalized spacial score (nSPS) is 11.0. The number of nitrogen functional groups attached to an aromatic ring is 1. The van der Waals surface area contributed by atoms with Crippen molar-refractivity contribution in [1.82, 2.24) is 0 Å². The Hall–Kier alpha value is -0.510. The molecule has 0 heterocycles. The molecule has 1 rings (SSSR count). The summed E-state index contributed by atoms with van der Waals surface area (Å²) in [6.45, 7) is 1.77. The molecule has 0 saturated heterocycles.